The smallest absolute Gasteiger partial charge is 0.273 e. The lowest BCUT2D eigenvalue weighted by atomic mass is 10.1. The van der Waals surface area contributed by atoms with Crippen molar-refractivity contribution in [2.24, 2.45) is 0 Å². The number of hydrogen-bond acceptors (Lipinski definition) is 5. The Hall–Kier alpha value is -3.04. The van der Waals surface area contributed by atoms with Crippen LogP contribution in [0.2, 0.25) is 0 Å². The third kappa shape index (κ3) is 4.67. The molecule has 0 saturated heterocycles. The third-order valence-electron chi connectivity index (χ3n) is 5.23. The average molecular weight is 444 g/mol. The molecule has 3 aromatic rings. The van der Waals surface area contributed by atoms with Crippen molar-refractivity contribution >= 4 is 15.9 Å². The number of carbonyl (C=O) groups excluding carboxylic acids is 1. The van der Waals surface area contributed by atoms with Crippen molar-refractivity contribution in [3.63, 3.8) is 0 Å². The predicted molar refractivity (Wildman–Crippen MR) is 111 cm³/mol. The number of aryl methyl sites for hydroxylation is 1. The lowest BCUT2D eigenvalue weighted by molar-refractivity contribution is 0.0943. The van der Waals surface area contributed by atoms with Crippen LogP contribution in [0.25, 0.3) is 0 Å². The zero-order chi connectivity index (χ0) is 21.8. The Morgan fingerprint density at radius 2 is 1.87 bits per heavy atom. The first-order valence-electron chi connectivity index (χ1n) is 10.0. The Morgan fingerprint density at radius 1 is 1.13 bits per heavy atom. The van der Waals surface area contributed by atoms with Crippen LogP contribution in [0.15, 0.2) is 64.0 Å². The first-order valence-corrected chi connectivity index (χ1v) is 11.4. The van der Waals surface area contributed by atoms with Gasteiger partial charge in [-0.05, 0) is 42.7 Å². The van der Waals surface area contributed by atoms with E-state index < -0.39 is 15.8 Å². The van der Waals surface area contributed by atoms with Crippen molar-refractivity contribution in [1.82, 2.24) is 14.8 Å². The van der Waals surface area contributed by atoms with Gasteiger partial charge in [0.05, 0.1) is 4.90 Å². The summed E-state index contributed by atoms with van der Waals surface area (Å²) >= 11 is 0. The number of fused-ring (bicyclic) bond motifs is 1. The van der Waals surface area contributed by atoms with E-state index in [0.29, 0.717) is 24.3 Å². The highest BCUT2D eigenvalue weighted by Crippen LogP contribution is 2.27. The van der Waals surface area contributed by atoms with Crippen molar-refractivity contribution in [1.29, 1.82) is 0 Å². The highest BCUT2D eigenvalue weighted by Gasteiger charge is 2.33. The summed E-state index contributed by atoms with van der Waals surface area (Å²) in [6.45, 7) is 0.637. The molecular formula is C22H22FN3O4S. The van der Waals surface area contributed by atoms with Crippen LogP contribution >= 0.6 is 0 Å². The molecule has 31 heavy (non-hydrogen) atoms. The first-order chi connectivity index (χ1) is 14.9. The zero-order valence-corrected chi connectivity index (χ0v) is 17.6. The largest absolute Gasteiger partial charge is 0.360 e. The van der Waals surface area contributed by atoms with Crippen LogP contribution in [-0.2, 0) is 29.4 Å². The Bertz CT molecular complexity index is 1160. The topological polar surface area (TPSA) is 92.5 Å². The van der Waals surface area contributed by atoms with Crippen LogP contribution in [-0.4, -0.2) is 36.9 Å². The summed E-state index contributed by atoms with van der Waals surface area (Å²) in [5.41, 5.74) is 1.77. The van der Waals surface area contributed by atoms with Crippen LogP contribution in [0.1, 0.15) is 33.8 Å². The molecule has 0 fully saturated rings. The summed E-state index contributed by atoms with van der Waals surface area (Å²) in [6, 6.07) is 14.6. The number of aromatic nitrogens is 1. The molecule has 1 amide bonds. The second-order valence-electron chi connectivity index (χ2n) is 7.32. The molecule has 0 saturated carbocycles. The molecule has 1 aliphatic rings. The van der Waals surface area contributed by atoms with Crippen LogP contribution in [0, 0.1) is 5.82 Å². The van der Waals surface area contributed by atoms with Crippen LogP contribution in [0.5, 0.6) is 0 Å². The fourth-order valence-corrected chi connectivity index (χ4v) is 4.96. The second kappa shape index (κ2) is 8.99. The molecule has 1 N–H and O–H groups in total. The molecule has 0 atom stereocenters. The van der Waals surface area contributed by atoms with Gasteiger partial charge in [-0.15, -0.1) is 0 Å². The molecule has 0 unspecified atom stereocenters. The van der Waals surface area contributed by atoms with E-state index in [2.05, 4.69) is 10.5 Å². The molecule has 1 aromatic heterocycles. The predicted octanol–water partition coefficient (Wildman–Crippen LogP) is 2.92. The molecule has 7 nitrogen and oxygen atoms in total. The number of rotatable bonds is 7. The number of nitrogens with one attached hydrogen (secondary N) is 1. The summed E-state index contributed by atoms with van der Waals surface area (Å²) < 4.78 is 45.5. The number of hydrogen-bond donors (Lipinski definition) is 1. The minimum atomic E-state index is -3.83. The summed E-state index contributed by atoms with van der Waals surface area (Å²) in [7, 11) is -3.83. The molecule has 2 aromatic carbocycles. The normalized spacial score (nSPS) is 14.2. The number of amides is 1. The van der Waals surface area contributed by atoms with Gasteiger partial charge in [0.15, 0.2) is 5.69 Å². The molecule has 0 spiro atoms. The van der Waals surface area contributed by atoms with E-state index in [1.54, 1.807) is 0 Å². The maximum atomic E-state index is 13.2. The number of nitrogens with zero attached hydrogens (tertiary/aromatic N) is 2. The van der Waals surface area contributed by atoms with Gasteiger partial charge in [0, 0.05) is 31.6 Å². The SMILES string of the molecule is O=C(NCCCc1ccccc1)c1noc2c1CN(S(=O)(=O)c1ccc(F)cc1)CC2. The van der Waals surface area contributed by atoms with E-state index in [0.717, 1.165) is 25.0 Å². The van der Waals surface area contributed by atoms with Crippen molar-refractivity contribution in [3.05, 3.63) is 83.0 Å². The van der Waals surface area contributed by atoms with E-state index in [9.17, 15) is 17.6 Å². The maximum Gasteiger partial charge on any atom is 0.273 e. The molecule has 4 rings (SSSR count). The lowest BCUT2D eigenvalue weighted by Gasteiger charge is -2.25. The molecular weight excluding hydrogens is 421 g/mol. The van der Waals surface area contributed by atoms with Gasteiger partial charge >= 0.3 is 0 Å². The molecule has 162 valence electrons. The molecule has 0 aliphatic carbocycles. The zero-order valence-electron chi connectivity index (χ0n) is 16.8. The van der Waals surface area contributed by atoms with Gasteiger partial charge in [0.25, 0.3) is 5.91 Å². The first kappa shape index (κ1) is 21.2. The van der Waals surface area contributed by atoms with Gasteiger partial charge in [0.2, 0.25) is 10.0 Å². The van der Waals surface area contributed by atoms with Gasteiger partial charge < -0.3 is 9.84 Å². The van der Waals surface area contributed by atoms with Crippen molar-refractivity contribution in [2.45, 2.75) is 30.7 Å². The Balaban J connectivity index is 1.41. The molecule has 0 bridgehead atoms. The fourth-order valence-electron chi connectivity index (χ4n) is 3.55. The van der Waals surface area contributed by atoms with Gasteiger partial charge in [0.1, 0.15) is 11.6 Å². The average Bonchev–Trinajstić information content (AvgIpc) is 3.21. The summed E-state index contributed by atoms with van der Waals surface area (Å²) in [5, 5.41) is 6.70. The standard InChI is InChI=1S/C22H22FN3O4S/c23-17-8-10-18(11-9-17)31(28,29)26-14-12-20-19(15-26)21(25-30-20)22(27)24-13-4-7-16-5-2-1-3-6-16/h1-3,5-6,8-11H,4,7,12-15H2,(H,24,27). The van der Waals surface area contributed by atoms with Gasteiger partial charge in [-0.2, -0.15) is 4.31 Å². The minimum Gasteiger partial charge on any atom is -0.360 e. The molecule has 2 heterocycles. The van der Waals surface area contributed by atoms with Gasteiger partial charge in [-0.3, -0.25) is 4.79 Å². The monoisotopic (exact) mass is 443 g/mol. The minimum absolute atomic E-state index is 0.000664. The van der Waals surface area contributed by atoms with Crippen LogP contribution in [0.4, 0.5) is 4.39 Å². The van der Waals surface area contributed by atoms with E-state index in [4.69, 9.17) is 4.52 Å². The molecule has 9 heteroatoms. The Kier molecular flexibility index (Phi) is 6.15. The maximum absolute atomic E-state index is 13.2. The van der Waals surface area contributed by atoms with Crippen LogP contribution < -0.4 is 5.32 Å². The van der Waals surface area contributed by atoms with Crippen molar-refractivity contribution < 1.29 is 22.1 Å². The van der Waals surface area contributed by atoms with Crippen molar-refractivity contribution in [3.8, 4) is 0 Å². The second-order valence-corrected chi connectivity index (χ2v) is 9.26. The summed E-state index contributed by atoms with van der Waals surface area (Å²) in [4.78, 5) is 12.6. The van der Waals surface area contributed by atoms with Crippen molar-refractivity contribution in [2.75, 3.05) is 13.1 Å². The van der Waals surface area contributed by atoms with E-state index in [1.807, 2.05) is 30.3 Å². The number of carbonyl (C=O) groups is 1. The summed E-state index contributed by atoms with van der Waals surface area (Å²) in [6.07, 6.45) is 1.91. The third-order valence-corrected chi connectivity index (χ3v) is 7.09. The highest BCUT2D eigenvalue weighted by atomic mass is 32.2. The van der Waals surface area contributed by atoms with Crippen LogP contribution in [0.3, 0.4) is 0 Å². The molecule has 0 radical (unpaired) electrons. The van der Waals surface area contributed by atoms with E-state index >= 15 is 0 Å². The Labute approximate surface area is 179 Å². The van der Waals surface area contributed by atoms with Gasteiger partial charge in [-0.25, -0.2) is 12.8 Å². The van der Waals surface area contributed by atoms with Gasteiger partial charge in [-0.1, -0.05) is 35.5 Å². The summed E-state index contributed by atoms with van der Waals surface area (Å²) in [5.74, 6) is -0.385. The highest BCUT2D eigenvalue weighted by molar-refractivity contribution is 7.89. The molecule has 1 aliphatic heterocycles. The van der Waals surface area contributed by atoms with E-state index in [1.165, 1.54) is 22.0 Å². The Morgan fingerprint density at radius 3 is 2.61 bits per heavy atom. The lowest BCUT2D eigenvalue weighted by Crippen LogP contribution is -2.36. The van der Waals surface area contributed by atoms with E-state index in [-0.39, 0.29) is 29.6 Å². The quantitative estimate of drug-likeness (QED) is 0.567. The number of benzene rings is 2. The fraction of sp³-hybridized carbons (Fsp3) is 0.273. The number of halogens is 1. The number of sulfonamides is 1.